The third kappa shape index (κ3) is 5.96. The van der Waals surface area contributed by atoms with E-state index in [0.717, 1.165) is 4.90 Å². The molecule has 0 spiro atoms. The number of nitrogens with zero attached hydrogens (tertiary/aromatic N) is 2. The van der Waals surface area contributed by atoms with Crippen molar-refractivity contribution in [3.8, 4) is 23.0 Å². The minimum Gasteiger partial charge on any atom is -0.490 e. The number of nitrogens with one attached hydrogen (secondary N) is 1. The van der Waals surface area contributed by atoms with Gasteiger partial charge in [0.2, 0.25) is 11.8 Å². The van der Waals surface area contributed by atoms with E-state index in [9.17, 15) is 9.18 Å². The van der Waals surface area contributed by atoms with Crippen LogP contribution in [-0.2, 0) is 4.79 Å². The Morgan fingerprint density at radius 3 is 2.53 bits per heavy atom. The summed E-state index contributed by atoms with van der Waals surface area (Å²) in [6.45, 7) is 4.80. The first-order chi connectivity index (χ1) is 14.6. The maximum absolute atomic E-state index is 12.9. The zero-order chi connectivity index (χ0) is 21.3. The van der Waals surface area contributed by atoms with Crippen LogP contribution in [0.5, 0.6) is 11.5 Å². The van der Waals surface area contributed by atoms with Crippen LogP contribution in [0.2, 0.25) is 0 Å². The van der Waals surface area contributed by atoms with Crippen molar-refractivity contribution in [3.05, 3.63) is 48.3 Å². The normalized spacial score (nSPS) is 10.6. The van der Waals surface area contributed by atoms with E-state index in [1.165, 1.54) is 23.9 Å². The topological polar surface area (TPSA) is 86.5 Å². The number of thioether (sulfide) groups is 1. The molecule has 0 aliphatic carbocycles. The quantitative estimate of drug-likeness (QED) is 0.462. The van der Waals surface area contributed by atoms with Gasteiger partial charge in [0.1, 0.15) is 5.82 Å². The van der Waals surface area contributed by atoms with Gasteiger partial charge < -0.3 is 13.9 Å². The maximum Gasteiger partial charge on any atom is 0.322 e. The Labute approximate surface area is 178 Å². The highest BCUT2D eigenvalue weighted by atomic mass is 32.2. The first-order valence-corrected chi connectivity index (χ1v) is 10.5. The highest BCUT2D eigenvalue weighted by Crippen LogP contribution is 2.32. The average molecular weight is 431 g/mol. The first kappa shape index (κ1) is 21.6. The van der Waals surface area contributed by atoms with Gasteiger partial charge in [0, 0.05) is 22.6 Å². The molecule has 2 aromatic carbocycles. The molecular weight excluding hydrogens is 409 g/mol. The van der Waals surface area contributed by atoms with Crippen molar-refractivity contribution in [1.82, 2.24) is 10.2 Å². The molecule has 0 atom stereocenters. The Bertz CT molecular complexity index is 979. The molecule has 30 heavy (non-hydrogen) atoms. The molecule has 1 amide bonds. The van der Waals surface area contributed by atoms with Crippen LogP contribution in [0, 0.1) is 5.82 Å². The lowest BCUT2D eigenvalue weighted by molar-refractivity contribution is -0.115. The van der Waals surface area contributed by atoms with Gasteiger partial charge in [-0.05, 0) is 56.3 Å². The number of carbonyl (C=O) groups excluding carboxylic acids is 1. The molecule has 0 aliphatic rings. The number of carbonyl (C=O) groups is 1. The number of aromatic nitrogens is 2. The Morgan fingerprint density at radius 2 is 1.80 bits per heavy atom. The van der Waals surface area contributed by atoms with Crippen LogP contribution in [0.15, 0.2) is 51.8 Å². The first-order valence-electron chi connectivity index (χ1n) is 9.50. The fourth-order valence-electron chi connectivity index (χ4n) is 2.55. The largest absolute Gasteiger partial charge is 0.490 e. The molecule has 7 nitrogen and oxygen atoms in total. The number of amides is 1. The molecule has 1 N–H and O–H groups in total. The molecule has 1 aromatic heterocycles. The van der Waals surface area contributed by atoms with Crippen molar-refractivity contribution in [2.24, 2.45) is 0 Å². The molecule has 0 saturated carbocycles. The number of halogens is 1. The minimum absolute atomic E-state index is 0.0219. The Morgan fingerprint density at radius 1 is 1.07 bits per heavy atom. The van der Waals surface area contributed by atoms with E-state index in [2.05, 4.69) is 15.5 Å². The lowest BCUT2D eigenvalue weighted by atomic mass is 10.2. The highest BCUT2D eigenvalue weighted by molar-refractivity contribution is 7.99. The summed E-state index contributed by atoms with van der Waals surface area (Å²) in [6, 6.07) is 11.5. The van der Waals surface area contributed by atoms with Crippen LogP contribution in [0.3, 0.4) is 0 Å². The van der Waals surface area contributed by atoms with E-state index in [1.54, 1.807) is 30.3 Å². The van der Waals surface area contributed by atoms with Gasteiger partial charge in [0.15, 0.2) is 11.5 Å². The average Bonchev–Trinajstić information content (AvgIpc) is 3.19. The fraction of sp³-hybridized carbons (Fsp3) is 0.286. The van der Waals surface area contributed by atoms with Gasteiger partial charge >= 0.3 is 6.01 Å². The lowest BCUT2D eigenvalue weighted by Gasteiger charge is -2.11. The zero-order valence-electron chi connectivity index (χ0n) is 16.7. The van der Waals surface area contributed by atoms with Gasteiger partial charge in [-0.3, -0.25) is 10.1 Å². The number of hydrogen-bond donors (Lipinski definition) is 1. The number of hydrogen-bond acceptors (Lipinski definition) is 7. The monoisotopic (exact) mass is 431 g/mol. The summed E-state index contributed by atoms with van der Waals surface area (Å²) in [6.07, 6.45) is 0.247. The number of anilines is 1. The molecule has 0 bridgehead atoms. The van der Waals surface area contributed by atoms with Gasteiger partial charge in [-0.25, -0.2) is 4.39 Å². The molecule has 1 heterocycles. The number of ether oxygens (including phenoxy) is 2. The molecule has 3 rings (SSSR count). The SMILES string of the molecule is CCOc1ccc(-c2nnc(NC(=O)CCSc3ccc(F)cc3)o2)cc1OCC. The summed E-state index contributed by atoms with van der Waals surface area (Å²) >= 11 is 1.46. The smallest absolute Gasteiger partial charge is 0.322 e. The van der Waals surface area contributed by atoms with Crippen molar-refractivity contribution in [1.29, 1.82) is 0 Å². The van der Waals surface area contributed by atoms with Crippen LogP contribution in [0.25, 0.3) is 11.5 Å². The molecule has 0 fully saturated rings. The maximum atomic E-state index is 12.9. The highest BCUT2D eigenvalue weighted by Gasteiger charge is 2.14. The third-order valence-corrected chi connectivity index (χ3v) is 4.89. The number of benzene rings is 2. The third-order valence-electron chi connectivity index (χ3n) is 3.87. The van der Waals surface area contributed by atoms with Gasteiger partial charge in [0.25, 0.3) is 0 Å². The van der Waals surface area contributed by atoms with Crippen molar-refractivity contribution in [3.63, 3.8) is 0 Å². The van der Waals surface area contributed by atoms with E-state index >= 15 is 0 Å². The fourth-order valence-corrected chi connectivity index (χ4v) is 3.40. The predicted octanol–water partition coefficient (Wildman–Crippen LogP) is 4.79. The Hall–Kier alpha value is -3.07. The second kappa shape index (κ2) is 10.6. The van der Waals surface area contributed by atoms with Crippen LogP contribution in [0.4, 0.5) is 10.4 Å². The molecule has 3 aromatic rings. The summed E-state index contributed by atoms with van der Waals surface area (Å²) in [5, 5.41) is 10.4. The summed E-state index contributed by atoms with van der Waals surface area (Å²) in [5.41, 5.74) is 0.654. The molecule has 0 aliphatic heterocycles. The predicted molar refractivity (Wildman–Crippen MR) is 112 cm³/mol. The van der Waals surface area contributed by atoms with Crippen LogP contribution < -0.4 is 14.8 Å². The van der Waals surface area contributed by atoms with Gasteiger partial charge in [-0.15, -0.1) is 16.9 Å². The van der Waals surface area contributed by atoms with E-state index in [4.69, 9.17) is 13.9 Å². The minimum atomic E-state index is -0.287. The number of rotatable bonds is 10. The van der Waals surface area contributed by atoms with Gasteiger partial charge in [0.05, 0.1) is 13.2 Å². The summed E-state index contributed by atoms with van der Waals surface area (Å²) < 4.78 is 29.6. The van der Waals surface area contributed by atoms with Crippen LogP contribution >= 0.6 is 11.8 Å². The summed E-state index contributed by atoms with van der Waals surface area (Å²) in [4.78, 5) is 13.0. The standard InChI is InChI=1S/C21H22FN3O4S/c1-3-27-17-10-5-14(13-18(17)28-4-2)20-24-25-21(29-20)23-19(26)11-12-30-16-8-6-15(22)7-9-16/h5-10,13H,3-4,11-12H2,1-2H3,(H,23,25,26). The van der Waals surface area contributed by atoms with Crippen molar-refractivity contribution in [2.45, 2.75) is 25.2 Å². The molecule has 158 valence electrons. The molecule has 9 heteroatoms. The Balaban J connectivity index is 1.57. The summed E-state index contributed by atoms with van der Waals surface area (Å²) in [7, 11) is 0. The van der Waals surface area contributed by atoms with Crippen LogP contribution in [-0.4, -0.2) is 35.1 Å². The van der Waals surface area contributed by atoms with Crippen molar-refractivity contribution < 1.29 is 23.1 Å². The van der Waals surface area contributed by atoms with E-state index < -0.39 is 0 Å². The second-order valence-corrected chi connectivity index (χ2v) is 7.21. The zero-order valence-corrected chi connectivity index (χ0v) is 17.5. The Kier molecular flexibility index (Phi) is 7.67. The van der Waals surface area contributed by atoms with E-state index in [-0.39, 0.29) is 30.1 Å². The van der Waals surface area contributed by atoms with Crippen LogP contribution in [0.1, 0.15) is 20.3 Å². The molecule has 0 saturated heterocycles. The molecule has 0 radical (unpaired) electrons. The van der Waals surface area contributed by atoms with Gasteiger partial charge in [-0.1, -0.05) is 5.10 Å². The second-order valence-electron chi connectivity index (χ2n) is 6.04. The van der Waals surface area contributed by atoms with E-state index in [0.29, 0.717) is 36.0 Å². The lowest BCUT2D eigenvalue weighted by Crippen LogP contribution is -2.12. The van der Waals surface area contributed by atoms with E-state index in [1.807, 2.05) is 13.8 Å². The molecule has 0 unspecified atom stereocenters. The van der Waals surface area contributed by atoms with Gasteiger partial charge in [-0.2, -0.15) is 0 Å². The van der Waals surface area contributed by atoms with Crippen molar-refractivity contribution in [2.75, 3.05) is 24.3 Å². The van der Waals surface area contributed by atoms with Crippen molar-refractivity contribution >= 4 is 23.7 Å². The summed E-state index contributed by atoms with van der Waals surface area (Å²) in [5.74, 6) is 1.48. The molecular formula is C21H22FN3O4S.